The average molecular weight is 294 g/mol. The summed E-state index contributed by atoms with van der Waals surface area (Å²) in [7, 11) is 0. The minimum atomic E-state index is -0.527. The van der Waals surface area contributed by atoms with Crippen molar-refractivity contribution in [2.45, 2.75) is 26.2 Å². The third-order valence-corrected chi connectivity index (χ3v) is 3.90. The monoisotopic (exact) mass is 294 g/mol. The van der Waals surface area contributed by atoms with Crippen LogP contribution in [0, 0.1) is 0 Å². The predicted molar refractivity (Wildman–Crippen MR) is 86.5 cm³/mol. The lowest BCUT2D eigenvalue weighted by Gasteiger charge is -2.20. The van der Waals surface area contributed by atoms with Crippen LogP contribution < -0.4 is 5.73 Å². The molecule has 1 aromatic carbocycles. The lowest BCUT2D eigenvalue weighted by molar-refractivity contribution is 0.0969. The van der Waals surface area contributed by atoms with E-state index in [2.05, 4.69) is 0 Å². The largest absolute Gasteiger partial charge is 0.366 e. The van der Waals surface area contributed by atoms with Crippen LogP contribution in [0.5, 0.6) is 0 Å². The number of benzene rings is 2. The molecule has 0 saturated carbocycles. The van der Waals surface area contributed by atoms with Gasteiger partial charge < -0.3 is 5.73 Å². The van der Waals surface area contributed by atoms with Gasteiger partial charge in [-0.25, -0.2) is 0 Å². The molecule has 0 atom stereocenters. The first-order valence-electron chi connectivity index (χ1n) is 7.17. The van der Waals surface area contributed by atoms with E-state index in [9.17, 15) is 9.59 Å². The van der Waals surface area contributed by atoms with Crippen molar-refractivity contribution in [2.24, 2.45) is 5.73 Å². The Morgan fingerprint density at radius 3 is 1.86 bits per heavy atom. The summed E-state index contributed by atoms with van der Waals surface area (Å²) in [6.07, 6.45) is 0. The second kappa shape index (κ2) is 4.70. The van der Waals surface area contributed by atoms with Crippen molar-refractivity contribution in [2.75, 3.05) is 0 Å². The number of carbonyl (C=O) groups is 2. The van der Waals surface area contributed by atoms with E-state index in [0.29, 0.717) is 11.1 Å². The highest BCUT2D eigenvalue weighted by atomic mass is 16.2. The molecule has 0 spiro atoms. The number of fused-ring (bicyclic) bond motifs is 2. The van der Waals surface area contributed by atoms with E-state index in [1.807, 2.05) is 51.1 Å². The van der Waals surface area contributed by atoms with Crippen LogP contribution in [0.3, 0.4) is 0 Å². The first kappa shape index (κ1) is 14.3. The van der Waals surface area contributed by atoms with Gasteiger partial charge in [-0.15, -0.1) is 0 Å². The van der Waals surface area contributed by atoms with Crippen molar-refractivity contribution < 1.29 is 9.59 Å². The second-order valence-corrected chi connectivity index (χ2v) is 6.57. The van der Waals surface area contributed by atoms with Gasteiger partial charge >= 0.3 is 0 Å². The molecule has 22 heavy (non-hydrogen) atoms. The van der Waals surface area contributed by atoms with Gasteiger partial charge in [-0.05, 0) is 53.4 Å². The maximum Gasteiger partial charge on any atom is 0.262 e. The smallest absolute Gasteiger partial charge is 0.262 e. The quantitative estimate of drug-likeness (QED) is 0.789. The van der Waals surface area contributed by atoms with E-state index in [1.54, 1.807) is 16.7 Å². The Bertz CT molecular complexity index is 821. The summed E-state index contributed by atoms with van der Waals surface area (Å²) in [5.41, 5.74) is 8.68. The average Bonchev–Trinajstić information content (AvgIpc) is 3.05. The molecule has 0 saturated heterocycles. The van der Waals surface area contributed by atoms with Crippen LogP contribution >= 0.6 is 0 Å². The molecule has 0 aliphatic rings. The van der Waals surface area contributed by atoms with Crippen LogP contribution in [-0.2, 0) is 5.41 Å². The molecule has 0 unspecified atom stereocenters. The number of rotatable bonds is 2. The topological polar surface area (TPSA) is 65.1 Å². The van der Waals surface area contributed by atoms with E-state index >= 15 is 0 Å². The number of aromatic nitrogens is 1. The number of nitrogens with zero attached hydrogens (tertiary/aromatic N) is 1. The Balaban J connectivity index is 2.16. The third-order valence-electron chi connectivity index (χ3n) is 3.90. The van der Waals surface area contributed by atoms with Gasteiger partial charge in [0.2, 0.25) is 5.91 Å². The van der Waals surface area contributed by atoms with Crippen LogP contribution in [0.25, 0.3) is 11.0 Å². The van der Waals surface area contributed by atoms with E-state index in [-0.39, 0.29) is 11.3 Å². The fraction of sp³-hybridized carbons (Fsp3) is 0.222. The first-order valence-corrected chi connectivity index (χ1v) is 7.17. The number of hydrogen-bond acceptors (Lipinski definition) is 2. The first-order chi connectivity index (χ1) is 10.3. The van der Waals surface area contributed by atoms with Gasteiger partial charge in [0.05, 0.1) is 0 Å². The Hall–Kier alpha value is -2.62. The highest BCUT2D eigenvalue weighted by Gasteiger charge is 2.21. The zero-order chi connectivity index (χ0) is 16.1. The molecule has 2 N–H and O–H groups in total. The standard InChI is InChI=1S/C18H18N2O2/c1-18(2,3)13-9-11(16(19)21)8-12(10-13)17(22)20-14-4-5-15(20)7-6-14/h4-10H,1-3H3,(H2,19,21). The zero-order valence-electron chi connectivity index (χ0n) is 12.9. The van der Waals surface area contributed by atoms with E-state index in [1.165, 1.54) is 0 Å². The maximum atomic E-state index is 12.8. The van der Waals surface area contributed by atoms with Gasteiger partial charge in [0.1, 0.15) is 0 Å². The third kappa shape index (κ3) is 2.26. The summed E-state index contributed by atoms with van der Waals surface area (Å²) < 4.78 is 1.65. The molecule has 0 fully saturated rings. The fourth-order valence-corrected chi connectivity index (χ4v) is 2.59. The molecule has 3 rings (SSSR count). The van der Waals surface area contributed by atoms with Gasteiger partial charge in [0, 0.05) is 22.2 Å². The minimum absolute atomic E-state index is 0.145. The molecule has 4 nitrogen and oxygen atoms in total. The normalized spacial score (nSPS) is 12.0. The van der Waals surface area contributed by atoms with Crippen molar-refractivity contribution in [3.8, 4) is 0 Å². The van der Waals surface area contributed by atoms with Crippen molar-refractivity contribution >= 4 is 22.8 Å². The molecule has 0 radical (unpaired) electrons. The molecule has 4 heteroatoms. The molecule has 0 aliphatic carbocycles. The number of carbonyl (C=O) groups excluding carboxylic acids is 2. The lowest BCUT2D eigenvalue weighted by atomic mass is 9.85. The van der Waals surface area contributed by atoms with Gasteiger partial charge in [-0.2, -0.15) is 0 Å². The highest BCUT2D eigenvalue weighted by molar-refractivity contribution is 6.05. The van der Waals surface area contributed by atoms with E-state index < -0.39 is 5.91 Å². The molecule has 112 valence electrons. The van der Waals surface area contributed by atoms with Gasteiger partial charge in [-0.1, -0.05) is 20.8 Å². The summed E-state index contributed by atoms with van der Waals surface area (Å²) in [6.45, 7) is 6.11. The van der Waals surface area contributed by atoms with Crippen molar-refractivity contribution in [1.29, 1.82) is 0 Å². The van der Waals surface area contributed by atoms with Crippen LogP contribution in [-0.4, -0.2) is 16.4 Å². The molecule has 3 aromatic rings. The number of hydrogen-bond donors (Lipinski definition) is 1. The number of nitrogens with two attached hydrogens (primary N) is 1. The molecular weight excluding hydrogens is 276 g/mol. The summed E-state index contributed by atoms with van der Waals surface area (Å²) >= 11 is 0. The molecular formula is C18H18N2O2. The summed E-state index contributed by atoms with van der Waals surface area (Å²) in [4.78, 5) is 24.4. The summed E-state index contributed by atoms with van der Waals surface area (Å²) in [6, 6.07) is 12.8. The van der Waals surface area contributed by atoms with Gasteiger partial charge in [-0.3, -0.25) is 14.2 Å². The Kier molecular flexibility index (Phi) is 3.06. The molecule has 1 amide bonds. The Morgan fingerprint density at radius 1 is 0.909 bits per heavy atom. The number of amides is 1. The number of primary amides is 1. The van der Waals surface area contributed by atoms with Crippen molar-refractivity contribution in [3.63, 3.8) is 0 Å². The molecule has 2 aromatic heterocycles. The maximum absolute atomic E-state index is 12.8. The Morgan fingerprint density at radius 2 is 1.41 bits per heavy atom. The summed E-state index contributed by atoms with van der Waals surface area (Å²) in [5, 5.41) is 0. The van der Waals surface area contributed by atoms with Gasteiger partial charge in [0.25, 0.3) is 5.91 Å². The van der Waals surface area contributed by atoms with Crippen molar-refractivity contribution in [3.05, 3.63) is 59.2 Å². The van der Waals surface area contributed by atoms with Crippen molar-refractivity contribution in [1.82, 2.24) is 4.57 Å². The summed E-state index contributed by atoms with van der Waals surface area (Å²) in [5.74, 6) is -0.672. The van der Waals surface area contributed by atoms with Crippen LogP contribution in [0.1, 0.15) is 47.1 Å². The van der Waals surface area contributed by atoms with Crippen LogP contribution in [0.4, 0.5) is 0 Å². The van der Waals surface area contributed by atoms with Crippen LogP contribution in [0.15, 0.2) is 42.5 Å². The Labute approximate surface area is 128 Å². The molecule has 0 aliphatic heterocycles. The van der Waals surface area contributed by atoms with Crippen LogP contribution in [0.2, 0.25) is 0 Å². The minimum Gasteiger partial charge on any atom is -0.366 e. The van der Waals surface area contributed by atoms with Gasteiger partial charge in [0.15, 0.2) is 0 Å². The second-order valence-electron chi connectivity index (χ2n) is 6.57. The molecule has 2 bridgehead atoms. The molecule has 2 heterocycles. The van der Waals surface area contributed by atoms with E-state index in [4.69, 9.17) is 5.73 Å². The van der Waals surface area contributed by atoms with E-state index in [0.717, 1.165) is 16.6 Å². The zero-order valence-corrected chi connectivity index (χ0v) is 12.9. The SMILES string of the molecule is CC(C)(C)c1cc(C(N)=O)cc(C(=O)n2c3ccc2cc3)c1. The lowest BCUT2D eigenvalue weighted by Crippen LogP contribution is -2.19. The highest BCUT2D eigenvalue weighted by Crippen LogP contribution is 2.26. The predicted octanol–water partition coefficient (Wildman–Crippen LogP) is 3.16. The fourth-order valence-electron chi connectivity index (χ4n) is 2.59.